The van der Waals surface area contributed by atoms with E-state index in [9.17, 15) is 4.79 Å². The van der Waals surface area contributed by atoms with Crippen molar-refractivity contribution in [3.05, 3.63) is 87.0 Å². The highest BCUT2D eigenvalue weighted by Gasteiger charge is 2.33. The fourth-order valence-corrected chi connectivity index (χ4v) is 5.30. The number of benzene rings is 2. The first kappa shape index (κ1) is 21.2. The SMILES string of the molecule is Cc1ccc2[nH]c(=O)c([C@H](c3nnnn3C[C@@H]3CCCO3)N3CCc4ccccc4C3)cc2c1. The highest BCUT2D eigenvalue weighted by Crippen LogP contribution is 2.32. The van der Waals surface area contributed by atoms with Crippen LogP contribution in [0.2, 0.25) is 0 Å². The summed E-state index contributed by atoms with van der Waals surface area (Å²) in [5.41, 5.74) is 5.19. The van der Waals surface area contributed by atoms with Crippen LogP contribution in [0.1, 0.15) is 47.0 Å². The van der Waals surface area contributed by atoms with Crippen LogP contribution in [0.25, 0.3) is 10.9 Å². The van der Waals surface area contributed by atoms with Crippen LogP contribution in [0.15, 0.2) is 53.3 Å². The number of hydrogen-bond donors (Lipinski definition) is 1. The second-order valence-electron chi connectivity index (χ2n) is 9.39. The lowest BCUT2D eigenvalue weighted by Gasteiger charge is -2.35. The van der Waals surface area contributed by atoms with Crippen molar-refractivity contribution >= 4 is 10.9 Å². The molecule has 4 heterocycles. The van der Waals surface area contributed by atoms with Gasteiger partial charge in [-0.2, -0.15) is 0 Å². The Bertz CT molecular complexity index is 1390. The third-order valence-corrected chi connectivity index (χ3v) is 7.05. The monoisotopic (exact) mass is 456 g/mol. The summed E-state index contributed by atoms with van der Waals surface area (Å²) in [7, 11) is 0. The van der Waals surface area contributed by atoms with Crippen LogP contribution in [0.3, 0.4) is 0 Å². The number of nitrogens with zero attached hydrogens (tertiary/aromatic N) is 5. The summed E-state index contributed by atoms with van der Waals surface area (Å²) < 4.78 is 7.69. The summed E-state index contributed by atoms with van der Waals surface area (Å²) in [6.07, 6.45) is 3.07. The van der Waals surface area contributed by atoms with E-state index >= 15 is 0 Å². The van der Waals surface area contributed by atoms with Gasteiger partial charge in [0.2, 0.25) is 0 Å². The Balaban J connectivity index is 1.46. The standard InChI is InChI=1S/C26H28N6O2/c1-17-8-9-23-20(13-17)14-22(26(33)27-23)24(31-11-10-18-5-2-3-6-19(18)15-31)25-28-29-30-32(25)16-21-7-4-12-34-21/h2-3,5-6,8-9,13-14,21,24H,4,7,10-12,15-16H2,1H3,(H,27,33)/t21-,24+/m0/s1. The first-order valence-corrected chi connectivity index (χ1v) is 12.0. The van der Waals surface area contributed by atoms with Crippen LogP contribution in [0.5, 0.6) is 0 Å². The maximum atomic E-state index is 13.4. The first-order valence-electron chi connectivity index (χ1n) is 12.0. The van der Waals surface area contributed by atoms with Gasteiger partial charge in [0.05, 0.1) is 12.6 Å². The molecular weight excluding hydrogens is 428 g/mol. The second-order valence-corrected chi connectivity index (χ2v) is 9.39. The molecule has 0 bridgehead atoms. The van der Waals surface area contributed by atoms with Gasteiger partial charge in [-0.1, -0.05) is 35.9 Å². The summed E-state index contributed by atoms with van der Waals surface area (Å²) in [5, 5.41) is 13.8. The molecule has 174 valence electrons. The molecule has 0 unspecified atom stereocenters. The fraction of sp³-hybridized carbons (Fsp3) is 0.385. The number of pyridine rings is 1. The van der Waals surface area contributed by atoms with Crippen LogP contribution in [-0.2, 0) is 24.2 Å². The Morgan fingerprint density at radius 2 is 2.06 bits per heavy atom. The fourth-order valence-electron chi connectivity index (χ4n) is 5.30. The van der Waals surface area contributed by atoms with E-state index in [1.54, 1.807) is 0 Å². The third-order valence-electron chi connectivity index (χ3n) is 7.05. The zero-order chi connectivity index (χ0) is 23.1. The highest BCUT2D eigenvalue weighted by molar-refractivity contribution is 5.79. The van der Waals surface area contributed by atoms with E-state index in [0.717, 1.165) is 55.4 Å². The van der Waals surface area contributed by atoms with Gasteiger partial charge in [0.1, 0.15) is 6.04 Å². The lowest BCUT2D eigenvalue weighted by Crippen LogP contribution is -2.39. The van der Waals surface area contributed by atoms with E-state index in [2.05, 4.69) is 62.7 Å². The maximum absolute atomic E-state index is 13.4. The Morgan fingerprint density at radius 1 is 1.18 bits per heavy atom. The number of hydrogen-bond acceptors (Lipinski definition) is 6. The van der Waals surface area contributed by atoms with Gasteiger partial charge in [0.25, 0.3) is 5.56 Å². The van der Waals surface area contributed by atoms with Gasteiger partial charge in [-0.25, -0.2) is 4.68 Å². The number of rotatable bonds is 5. The van der Waals surface area contributed by atoms with Gasteiger partial charge in [-0.3, -0.25) is 9.69 Å². The van der Waals surface area contributed by atoms with Crippen molar-refractivity contribution < 1.29 is 4.74 Å². The van der Waals surface area contributed by atoms with E-state index in [1.807, 2.05) is 22.9 Å². The molecule has 0 amide bonds. The Morgan fingerprint density at radius 3 is 2.91 bits per heavy atom. The van der Waals surface area contributed by atoms with Crippen molar-refractivity contribution in [3.8, 4) is 0 Å². The molecule has 0 radical (unpaired) electrons. The molecule has 1 N–H and O–H groups in total. The Hall–Kier alpha value is -3.36. The van der Waals surface area contributed by atoms with Crippen molar-refractivity contribution in [2.45, 2.75) is 51.4 Å². The molecule has 2 aliphatic rings. The number of aromatic nitrogens is 5. The van der Waals surface area contributed by atoms with Crippen molar-refractivity contribution in [1.82, 2.24) is 30.1 Å². The maximum Gasteiger partial charge on any atom is 0.253 e. The van der Waals surface area contributed by atoms with E-state index in [-0.39, 0.29) is 17.7 Å². The molecular formula is C26H28N6O2. The molecule has 0 aliphatic carbocycles. The van der Waals surface area contributed by atoms with E-state index < -0.39 is 0 Å². The normalized spacial score (nSPS) is 19.4. The lowest BCUT2D eigenvalue weighted by atomic mass is 9.95. The smallest absolute Gasteiger partial charge is 0.253 e. The average Bonchev–Trinajstić information content (AvgIpc) is 3.53. The van der Waals surface area contributed by atoms with Gasteiger partial charge in [-0.15, -0.1) is 5.10 Å². The summed E-state index contributed by atoms with van der Waals surface area (Å²) in [5.74, 6) is 0.687. The van der Waals surface area contributed by atoms with Crippen molar-refractivity contribution in [2.24, 2.45) is 0 Å². The van der Waals surface area contributed by atoms with Crippen molar-refractivity contribution in [3.63, 3.8) is 0 Å². The zero-order valence-corrected chi connectivity index (χ0v) is 19.3. The van der Waals surface area contributed by atoms with Crippen molar-refractivity contribution in [1.29, 1.82) is 0 Å². The van der Waals surface area contributed by atoms with Gasteiger partial charge < -0.3 is 9.72 Å². The molecule has 2 aromatic heterocycles. The molecule has 2 atom stereocenters. The summed E-state index contributed by atoms with van der Waals surface area (Å²) in [6.45, 7) is 4.98. The topological polar surface area (TPSA) is 88.9 Å². The van der Waals surface area contributed by atoms with Crippen LogP contribution in [0.4, 0.5) is 0 Å². The quantitative estimate of drug-likeness (QED) is 0.496. The molecule has 2 aliphatic heterocycles. The zero-order valence-electron chi connectivity index (χ0n) is 19.3. The van der Waals surface area contributed by atoms with Crippen LogP contribution in [-0.4, -0.2) is 49.3 Å². The van der Waals surface area contributed by atoms with E-state index in [0.29, 0.717) is 17.9 Å². The lowest BCUT2D eigenvalue weighted by molar-refractivity contribution is 0.0904. The molecule has 34 heavy (non-hydrogen) atoms. The molecule has 0 saturated carbocycles. The van der Waals surface area contributed by atoms with Crippen LogP contribution < -0.4 is 5.56 Å². The number of fused-ring (bicyclic) bond motifs is 2. The summed E-state index contributed by atoms with van der Waals surface area (Å²) in [6, 6.07) is 16.2. The predicted molar refractivity (Wildman–Crippen MR) is 128 cm³/mol. The van der Waals surface area contributed by atoms with Crippen LogP contribution in [0, 0.1) is 6.92 Å². The molecule has 2 aromatic carbocycles. The number of aryl methyl sites for hydroxylation is 1. The minimum absolute atomic E-state index is 0.0996. The minimum Gasteiger partial charge on any atom is -0.376 e. The van der Waals surface area contributed by atoms with E-state index in [4.69, 9.17) is 4.74 Å². The first-order chi connectivity index (χ1) is 16.7. The van der Waals surface area contributed by atoms with E-state index in [1.165, 1.54) is 11.1 Å². The largest absolute Gasteiger partial charge is 0.376 e. The molecule has 4 aromatic rings. The predicted octanol–water partition coefficient (Wildman–Crippen LogP) is 3.15. The van der Waals surface area contributed by atoms with Crippen LogP contribution >= 0.6 is 0 Å². The van der Waals surface area contributed by atoms with Crippen molar-refractivity contribution in [2.75, 3.05) is 13.2 Å². The van der Waals surface area contributed by atoms with Gasteiger partial charge in [0.15, 0.2) is 5.82 Å². The van der Waals surface area contributed by atoms with Gasteiger partial charge in [0, 0.05) is 30.8 Å². The minimum atomic E-state index is -0.363. The second kappa shape index (κ2) is 8.77. The molecule has 0 spiro atoms. The average molecular weight is 457 g/mol. The molecule has 6 rings (SSSR count). The van der Waals surface area contributed by atoms with Gasteiger partial charge >= 0.3 is 0 Å². The Kier molecular flexibility index (Phi) is 5.47. The molecule has 1 saturated heterocycles. The molecule has 8 nitrogen and oxygen atoms in total. The third kappa shape index (κ3) is 3.93. The number of nitrogens with one attached hydrogen (secondary N) is 1. The molecule has 1 fully saturated rings. The summed E-state index contributed by atoms with van der Waals surface area (Å²) in [4.78, 5) is 18.8. The Labute approximate surface area is 197 Å². The van der Waals surface area contributed by atoms with Gasteiger partial charge in [-0.05, 0) is 71.3 Å². The number of tetrazole rings is 1. The number of aromatic amines is 1. The molecule has 8 heteroatoms. The number of ether oxygens (including phenoxy) is 1. The number of H-pyrrole nitrogens is 1. The summed E-state index contributed by atoms with van der Waals surface area (Å²) >= 11 is 0. The highest BCUT2D eigenvalue weighted by atomic mass is 16.5.